The van der Waals surface area contributed by atoms with Crippen molar-refractivity contribution >= 4 is 11.9 Å². The molecule has 0 radical (unpaired) electrons. The average molecular weight is 393 g/mol. The number of nitrogens with one attached hydrogen (secondary N) is 1. The molecule has 6 nitrogen and oxygen atoms in total. The minimum Gasteiger partial charge on any atom is -0.457 e. The molecular formula is C23H27N3O3. The van der Waals surface area contributed by atoms with Crippen LogP contribution in [0.15, 0.2) is 54.6 Å². The molecule has 29 heavy (non-hydrogen) atoms. The van der Waals surface area contributed by atoms with Crippen molar-refractivity contribution in [3.63, 3.8) is 0 Å². The first-order chi connectivity index (χ1) is 14.2. The van der Waals surface area contributed by atoms with Crippen molar-refractivity contribution in [1.29, 1.82) is 0 Å². The highest BCUT2D eigenvalue weighted by atomic mass is 16.5. The quantitative estimate of drug-likeness (QED) is 0.732. The van der Waals surface area contributed by atoms with Gasteiger partial charge in [0.1, 0.15) is 17.5 Å². The molecule has 2 aliphatic rings. The number of hydrogen-bond acceptors (Lipinski definition) is 4. The number of ether oxygens (including phenoxy) is 1. The van der Waals surface area contributed by atoms with Gasteiger partial charge in [-0.2, -0.15) is 0 Å². The molecule has 0 spiro atoms. The summed E-state index contributed by atoms with van der Waals surface area (Å²) in [6.07, 6.45) is 4.12. The number of likely N-dealkylation sites (tertiary alicyclic amines) is 1. The molecule has 4 rings (SSSR count). The Bertz CT molecular complexity index is 849. The zero-order chi connectivity index (χ0) is 20.1. The molecule has 2 aromatic carbocycles. The topological polar surface area (TPSA) is 61.9 Å². The van der Waals surface area contributed by atoms with Crippen LogP contribution in [0.4, 0.5) is 4.79 Å². The van der Waals surface area contributed by atoms with Crippen molar-refractivity contribution in [3.05, 3.63) is 60.2 Å². The van der Waals surface area contributed by atoms with Gasteiger partial charge in [-0.15, -0.1) is 0 Å². The van der Waals surface area contributed by atoms with Crippen LogP contribution in [-0.2, 0) is 11.2 Å². The Kier molecular flexibility index (Phi) is 6.10. The summed E-state index contributed by atoms with van der Waals surface area (Å²) >= 11 is 0. The lowest BCUT2D eigenvalue weighted by atomic mass is 10.1. The van der Waals surface area contributed by atoms with E-state index in [2.05, 4.69) is 10.2 Å². The lowest BCUT2D eigenvalue weighted by Gasteiger charge is -2.27. The first kappa shape index (κ1) is 19.5. The third kappa shape index (κ3) is 4.95. The third-order valence-corrected chi connectivity index (χ3v) is 5.51. The van der Waals surface area contributed by atoms with E-state index in [4.69, 9.17) is 4.74 Å². The van der Waals surface area contributed by atoms with Crippen molar-refractivity contribution in [2.24, 2.45) is 0 Å². The number of amides is 3. The third-order valence-electron chi connectivity index (χ3n) is 5.51. The Morgan fingerprint density at radius 2 is 1.66 bits per heavy atom. The number of carbonyl (C=O) groups is 2. The Morgan fingerprint density at radius 1 is 0.897 bits per heavy atom. The summed E-state index contributed by atoms with van der Waals surface area (Å²) in [6.45, 7) is 3.33. The van der Waals surface area contributed by atoms with Gasteiger partial charge in [0.25, 0.3) is 5.91 Å². The van der Waals surface area contributed by atoms with E-state index < -0.39 is 6.04 Å². The van der Waals surface area contributed by atoms with E-state index in [1.807, 2.05) is 54.6 Å². The van der Waals surface area contributed by atoms with Gasteiger partial charge in [-0.05, 0) is 55.8 Å². The zero-order valence-electron chi connectivity index (χ0n) is 16.5. The highest BCUT2D eigenvalue weighted by Crippen LogP contribution is 2.23. The molecule has 1 atom stereocenters. The number of piperidine rings is 1. The average Bonchev–Trinajstić information content (AvgIpc) is 3.01. The van der Waals surface area contributed by atoms with Gasteiger partial charge in [0.05, 0.1) is 0 Å². The summed E-state index contributed by atoms with van der Waals surface area (Å²) in [5, 5.41) is 2.84. The van der Waals surface area contributed by atoms with Gasteiger partial charge in [-0.3, -0.25) is 9.69 Å². The SMILES string of the molecule is O=C1NC(Cc2cccc(Oc3ccccc3)c2)C(=O)N1CCN1CCCCC1. The van der Waals surface area contributed by atoms with Crippen LogP contribution in [0.3, 0.4) is 0 Å². The molecule has 2 fully saturated rings. The van der Waals surface area contributed by atoms with Crippen LogP contribution in [0, 0.1) is 0 Å². The fourth-order valence-corrected chi connectivity index (χ4v) is 3.95. The van der Waals surface area contributed by atoms with Gasteiger partial charge in [-0.1, -0.05) is 36.8 Å². The number of imide groups is 1. The molecule has 0 aliphatic carbocycles. The van der Waals surface area contributed by atoms with Crippen molar-refractivity contribution in [3.8, 4) is 11.5 Å². The monoisotopic (exact) mass is 393 g/mol. The normalized spacial score (nSPS) is 20.0. The number of para-hydroxylation sites is 1. The molecule has 1 unspecified atom stereocenters. The second kappa shape index (κ2) is 9.09. The molecule has 0 saturated carbocycles. The van der Waals surface area contributed by atoms with Crippen LogP contribution in [0.1, 0.15) is 24.8 Å². The number of carbonyl (C=O) groups excluding carboxylic acids is 2. The Morgan fingerprint density at radius 3 is 2.45 bits per heavy atom. The fourth-order valence-electron chi connectivity index (χ4n) is 3.95. The lowest BCUT2D eigenvalue weighted by Crippen LogP contribution is -2.41. The first-order valence-electron chi connectivity index (χ1n) is 10.3. The van der Waals surface area contributed by atoms with E-state index in [-0.39, 0.29) is 11.9 Å². The van der Waals surface area contributed by atoms with Gasteiger partial charge in [0.2, 0.25) is 0 Å². The van der Waals surface area contributed by atoms with Gasteiger partial charge in [0.15, 0.2) is 0 Å². The minimum absolute atomic E-state index is 0.138. The summed E-state index contributed by atoms with van der Waals surface area (Å²) in [5.74, 6) is 1.34. The summed E-state index contributed by atoms with van der Waals surface area (Å²) < 4.78 is 5.87. The molecule has 2 aromatic rings. The van der Waals surface area contributed by atoms with Crippen molar-refractivity contribution in [2.75, 3.05) is 26.2 Å². The molecule has 2 heterocycles. The van der Waals surface area contributed by atoms with Crippen molar-refractivity contribution < 1.29 is 14.3 Å². The van der Waals surface area contributed by atoms with Crippen LogP contribution in [0.25, 0.3) is 0 Å². The maximum atomic E-state index is 12.8. The fraction of sp³-hybridized carbons (Fsp3) is 0.391. The van der Waals surface area contributed by atoms with Crippen LogP contribution < -0.4 is 10.1 Å². The molecule has 3 amide bonds. The Labute approximate surface area is 171 Å². The summed E-state index contributed by atoms with van der Waals surface area (Å²) in [6, 6.07) is 16.4. The van der Waals surface area contributed by atoms with Gasteiger partial charge in [-0.25, -0.2) is 4.79 Å². The van der Waals surface area contributed by atoms with Crippen LogP contribution in [0.2, 0.25) is 0 Å². The smallest absolute Gasteiger partial charge is 0.324 e. The molecule has 2 saturated heterocycles. The van der Waals surface area contributed by atoms with E-state index >= 15 is 0 Å². The maximum absolute atomic E-state index is 12.8. The number of urea groups is 1. The Balaban J connectivity index is 1.35. The van der Waals surface area contributed by atoms with Crippen LogP contribution >= 0.6 is 0 Å². The van der Waals surface area contributed by atoms with Crippen LogP contribution in [0.5, 0.6) is 11.5 Å². The van der Waals surface area contributed by atoms with E-state index in [1.54, 1.807) is 0 Å². The number of rotatable bonds is 7. The van der Waals surface area contributed by atoms with Crippen molar-refractivity contribution in [2.45, 2.75) is 31.7 Å². The summed E-state index contributed by atoms with van der Waals surface area (Å²) in [7, 11) is 0. The predicted molar refractivity (Wildman–Crippen MR) is 111 cm³/mol. The highest BCUT2D eigenvalue weighted by Gasteiger charge is 2.37. The van der Waals surface area contributed by atoms with E-state index in [1.165, 1.54) is 24.2 Å². The largest absolute Gasteiger partial charge is 0.457 e. The number of hydrogen-bond donors (Lipinski definition) is 1. The van der Waals surface area contributed by atoms with E-state index in [9.17, 15) is 9.59 Å². The minimum atomic E-state index is -0.518. The van der Waals surface area contributed by atoms with E-state index in [0.717, 1.165) is 30.9 Å². The molecule has 152 valence electrons. The predicted octanol–water partition coefficient (Wildman–Crippen LogP) is 3.43. The molecular weight excluding hydrogens is 366 g/mol. The lowest BCUT2D eigenvalue weighted by molar-refractivity contribution is -0.127. The second-order valence-electron chi connectivity index (χ2n) is 7.66. The summed E-state index contributed by atoms with van der Waals surface area (Å²) in [5.41, 5.74) is 0.954. The Hall–Kier alpha value is -2.86. The van der Waals surface area contributed by atoms with Gasteiger partial charge in [0, 0.05) is 19.5 Å². The molecule has 6 heteroatoms. The number of nitrogens with zero attached hydrogens (tertiary/aromatic N) is 2. The maximum Gasteiger partial charge on any atom is 0.324 e. The standard InChI is InChI=1S/C23H27N3O3/c27-22-21(24-23(28)26(22)15-14-25-12-5-2-6-13-25)17-18-8-7-11-20(16-18)29-19-9-3-1-4-10-19/h1,3-4,7-11,16,21H,2,5-6,12-15,17H2,(H,24,28). The number of benzene rings is 2. The van der Waals surface area contributed by atoms with Crippen LogP contribution in [-0.4, -0.2) is 54.0 Å². The first-order valence-corrected chi connectivity index (χ1v) is 10.3. The molecule has 0 bridgehead atoms. The highest BCUT2D eigenvalue weighted by molar-refractivity contribution is 6.04. The summed E-state index contributed by atoms with van der Waals surface area (Å²) in [4.78, 5) is 28.8. The van der Waals surface area contributed by atoms with Crippen molar-refractivity contribution in [1.82, 2.24) is 15.1 Å². The molecule has 2 aliphatic heterocycles. The molecule has 1 N–H and O–H groups in total. The second-order valence-corrected chi connectivity index (χ2v) is 7.66. The van der Waals surface area contributed by atoms with E-state index in [0.29, 0.717) is 18.7 Å². The van der Waals surface area contributed by atoms with Gasteiger partial charge >= 0.3 is 6.03 Å². The molecule has 0 aromatic heterocycles. The zero-order valence-corrected chi connectivity index (χ0v) is 16.5. The van der Waals surface area contributed by atoms with Gasteiger partial charge < -0.3 is 15.0 Å².